The predicted molar refractivity (Wildman–Crippen MR) is 90.5 cm³/mol. The van der Waals surface area contributed by atoms with Crippen LogP contribution in [0.2, 0.25) is 0 Å². The molecule has 136 valence electrons. The Morgan fingerprint density at radius 1 is 1.23 bits per heavy atom. The number of carbonyl (C=O) groups excluding carboxylic acids is 2. The number of nitrogens with zero attached hydrogens (tertiary/aromatic N) is 1. The van der Waals surface area contributed by atoms with Gasteiger partial charge in [0.15, 0.2) is 6.61 Å². The summed E-state index contributed by atoms with van der Waals surface area (Å²) < 4.78 is 30.4. The van der Waals surface area contributed by atoms with Crippen LogP contribution in [-0.4, -0.2) is 36.1 Å². The van der Waals surface area contributed by atoms with Crippen molar-refractivity contribution >= 4 is 11.8 Å². The van der Waals surface area contributed by atoms with E-state index in [1.165, 1.54) is 18.4 Å². The summed E-state index contributed by atoms with van der Waals surface area (Å²) in [6.07, 6.45) is 1.17. The van der Waals surface area contributed by atoms with Gasteiger partial charge in [-0.05, 0) is 38.1 Å². The highest BCUT2D eigenvalue weighted by atomic mass is 19.1. The third-order valence-electron chi connectivity index (χ3n) is 3.98. The van der Waals surface area contributed by atoms with E-state index in [-0.39, 0.29) is 24.0 Å². The van der Waals surface area contributed by atoms with Gasteiger partial charge in [0.25, 0.3) is 0 Å². The van der Waals surface area contributed by atoms with Gasteiger partial charge in [-0.15, -0.1) is 0 Å². The Morgan fingerprint density at radius 3 is 2.73 bits per heavy atom. The quantitative estimate of drug-likeness (QED) is 0.607. The molecule has 1 aromatic heterocycles. The molecule has 0 spiro atoms. The first-order chi connectivity index (χ1) is 12.5. The van der Waals surface area contributed by atoms with Gasteiger partial charge in [0.05, 0.1) is 0 Å². The molecular formula is C19H18FNO5. The van der Waals surface area contributed by atoms with Gasteiger partial charge in [0, 0.05) is 22.6 Å². The largest absolute Gasteiger partial charge is 0.493 e. The van der Waals surface area contributed by atoms with Crippen LogP contribution in [0.1, 0.15) is 21.7 Å². The van der Waals surface area contributed by atoms with Gasteiger partial charge >= 0.3 is 5.97 Å². The summed E-state index contributed by atoms with van der Waals surface area (Å²) in [7, 11) is 0. The van der Waals surface area contributed by atoms with Crippen LogP contribution in [0.5, 0.6) is 0 Å². The van der Waals surface area contributed by atoms with Crippen LogP contribution in [-0.2, 0) is 19.0 Å². The molecule has 7 heteroatoms. The Morgan fingerprint density at radius 2 is 2.04 bits per heavy atom. The minimum atomic E-state index is -0.753. The smallest absolute Gasteiger partial charge is 0.377 e. The van der Waals surface area contributed by atoms with Crippen molar-refractivity contribution in [2.45, 2.75) is 13.8 Å². The summed E-state index contributed by atoms with van der Waals surface area (Å²) in [5.74, 6) is -1.53. The number of halogens is 1. The van der Waals surface area contributed by atoms with Gasteiger partial charge in [-0.2, -0.15) is 0 Å². The van der Waals surface area contributed by atoms with Gasteiger partial charge in [0.2, 0.25) is 11.5 Å². The van der Waals surface area contributed by atoms with Crippen molar-refractivity contribution in [1.82, 2.24) is 4.57 Å². The van der Waals surface area contributed by atoms with E-state index in [0.717, 1.165) is 5.69 Å². The summed E-state index contributed by atoms with van der Waals surface area (Å²) >= 11 is 0. The minimum absolute atomic E-state index is 0.0608. The number of hydrogen-bond acceptors (Lipinski definition) is 5. The fourth-order valence-corrected chi connectivity index (χ4v) is 2.81. The Bertz CT molecular complexity index is 884. The van der Waals surface area contributed by atoms with Gasteiger partial charge in [-0.25, -0.2) is 9.18 Å². The first kappa shape index (κ1) is 17.7. The van der Waals surface area contributed by atoms with Crippen molar-refractivity contribution < 1.29 is 28.2 Å². The standard InChI is InChI=1S/C19H18FNO5/c1-12-8-16(13(2)21(12)15-5-3-4-14(20)9-15)17(22)10-26-19(23)18-11-24-6-7-25-18/h3-5,8-9,11H,6-7,10H2,1-2H3. The normalized spacial score (nSPS) is 13.4. The average Bonchev–Trinajstić information content (AvgIpc) is 2.94. The van der Waals surface area contributed by atoms with Crippen LogP contribution in [0, 0.1) is 19.7 Å². The number of Topliss-reactive ketones (excluding diaryl/α,β-unsaturated/α-hetero) is 1. The van der Waals surface area contributed by atoms with Crippen LogP contribution < -0.4 is 0 Å². The number of hydrogen-bond donors (Lipinski definition) is 0. The highest BCUT2D eigenvalue weighted by Crippen LogP contribution is 2.22. The molecule has 3 rings (SSSR count). The number of esters is 1. The number of rotatable bonds is 5. The Hall–Kier alpha value is -3.09. The van der Waals surface area contributed by atoms with E-state index in [1.54, 1.807) is 29.7 Å². The second kappa shape index (κ2) is 7.43. The maximum Gasteiger partial charge on any atom is 0.377 e. The molecular weight excluding hydrogens is 341 g/mol. The lowest BCUT2D eigenvalue weighted by Gasteiger charge is -2.14. The molecule has 0 fully saturated rings. The molecule has 0 bridgehead atoms. The number of benzene rings is 1. The minimum Gasteiger partial charge on any atom is -0.493 e. The van der Waals surface area contributed by atoms with E-state index >= 15 is 0 Å². The lowest BCUT2D eigenvalue weighted by molar-refractivity contribution is -0.143. The maximum atomic E-state index is 13.5. The second-order valence-electron chi connectivity index (χ2n) is 5.80. The molecule has 6 nitrogen and oxygen atoms in total. The zero-order valence-corrected chi connectivity index (χ0v) is 14.5. The molecule has 0 aliphatic carbocycles. The van der Waals surface area contributed by atoms with Crippen molar-refractivity contribution in [1.29, 1.82) is 0 Å². The SMILES string of the molecule is Cc1cc(C(=O)COC(=O)C2=COCCO2)c(C)n1-c1cccc(F)c1. The maximum absolute atomic E-state index is 13.5. The molecule has 0 atom stereocenters. The van der Waals surface area contributed by atoms with Crippen molar-refractivity contribution in [3.63, 3.8) is 0 Å². The van der Waals surface area contributed by atoms with Gasteiger partial charge in [-0.1, -0.05) is 6.07 Å². The lowest BCUT2D eigenvalue weighted by atomic mass is 10.1. The molecule has 0 amide bonds. The predicted octanol–water partition coefficient (Wildman–Crippen LogP) is 2.85. The molecule has 2 heterocycles. The summed E-state index contributed by atoms with van der Waals surface area (Å²) in [5.41, 5.74) is 2.45. The van der Waals surface area contributed by atoms with Gasteiger partial charge in [0.1, 0.15) is 25.3 Å². The highest BCUT2D eigenvalue weighted by Gasteiger charge is 2.21. The summed E-state index contributed by atoms with van der Waals surface area (Å²) in [6.45, 7) is 3.77. The van der Waals surface area contributed by atoms with Crippen LogP contribution in [0.3, 0.4) is 0 Å². The van der Waals surface area contributed by atoms with E-state index in [1.807, 2.05) is 6.92 Å². The molecule has 1 aliphatic rings. The van der Waals surface area contributed by atoms with E-state index in [9.17, 15) is 14.0 Å². The fourth-order valence-electron chi connectivity index (χ4n) is 2.81. The average molecular weight is 359 g/mol. The van der Waals surface area contributed by atoms with Crippen molar-refractivity contribution in [2.75, 3.05) is 19.8 Å². The first-order valence-electron chi connectivity index (χ1n) is 8.07. The summed E-state index contributed by atoms with van der Waals surface area (Å²) in [5, 5.41) is 0. The molecule has 1 aliphatic heterocycles. The van der Waals surface area contributed by atoms with Crippen LogP contribution in [0.4, 0.5) is 4.39 Å². The van der Waals surface area contributed by atoms with Crippen LogP contribution >= 0.6 is 0 Å². The third-order valence-corrected chi connectivity index (χ3v) is 3.98. The molecule has 26 heavy (non-hydrogen) atoms. The van der Waals surface area contributed by atoms with E-state index < -0.39 is 12.6 Å². The van der Waals surface area contributed by atoms with E-state index in [4.69, 9.17) is 14.2 Å². The summed E-state index contributed by atoms with van der Waals surface area (Å²) in [6, 6.07) is 7.79. The molecule has 0 saturated heterocycles. The Balaban J connectivity index is 1.75. The molecule has 0 unspecified atom stereocenters. The number of aromatic nitrogens is 1. The lowest BCUT2D eigenvalue weighted by Crippen LogP contribution is -2.20. The first-order valence-corrected chi connectivity index (χ1v) is 8.07. The molecule has 0 saturated carbocycles. The number of ether oxygens (including phenoxy) is 3. The number of carbonyl (C=O) groups is 2. The molecule has 0 radical (unpaired) electrons. The fraction of sp³-hybridized carbons (Fsp3) is 0.263. The van der Waals surface area contributed by atoms with E-state index in [0.29, 0.717) is 23.6 Å². The van der Waals surface area contributed by atoms with Gasteiger partial charge < -0.3 is 18.8 Å². The monoisotopic (exact) mass is 359 g/mol. The van der Waals surface area contributed by atoms with Gasteiger partial charge in [-0.3, -0.25) is 4.79 Å². The number of ketones is 1. The Kier molecular flexibility index (Phi) is 5.06. The van der Waals surface area contributed by atoms with Crippen molar-refractivity contribution in [2.24, 2.45) is 0 Å². The highest BCUT2D eigenvalue weighted by molar-refractivity contribution is 6.00. The zero-order chi connectivity index (χ0) is 18.7. The molecule has 0 N–H and O–H groups in total. The molecule has 2 aromatic rings. The van der Waals surface area contributed by atoms with Crippen LogP contribution in [0.25, 0.3) is 5.69 Å². The number of aryl methyl sites for hydroxylation is 1. The topological polar surface area (TPSA) is 66.8 Å². The summed E-state index contributed by atoms with van der Waals surface area (Å²) in [4.78, 5) is 24.3. The molecule has 1 aromatic carbocycles. The Labute approximate surface area is 149 Å². The zero-order valence-electron chi connectivity index (χ0n) is 14.5. The van der Waals surface area contributed by atoms with E-state index in [2.05, 4.69) is 0 Å². The second-order valence-corrected chi connectivity index (χ2v) is 5.80. The third kappa shape index (κ3) is 3.61. The van der Waals surface area contributed by atoms with Crippen molar-refractivity contribution in [3.8, 4) is 5.69 Å². The van der Waals surface area contributed by atoms with Crippen molar-refractivity contribution in [3.05, 3.63) is 65.1 Å². The van der Waals surface area contributed by atoms with Crippen LogP contribution in [0.15, 0.2) is 42.4 Å².